The molecule has 0 aliphatic heterocycles. The van der Waals surface area contributed by atoms with Crippen LogP contribution < -0.4 is 15.9 Å². The molecule has 1 amide bonds. The van der Waals surface area contributed by atoms with Crippen LogP contribution in [0.5, 0.6) is 0 Å². The number of amides is 1. The Morgan fingerprint density at radius 2 is 2.24 bits per heavy atom. The number of nitrogens with one attached hydrogen (secondary N) is 2. The average Bonchev–Trinajstić information content (AvgIpc) is 3.01. The second-order valence-electron chi connectivity index (χ2n) is 4.34. The molecule has 0 spiro atoms. The van der Waals surface area contributed by atoms with Gasteiger partial charge in [-0.3, -0.25) is 9.59 Å². The third-order valence-electron chi connectivity index (χ3n) is 2.90. The summed E-state index contributed by atoms with van der Waals surface area (Å²) in [6, 6.07) is 5.35. The van der Waals surface area contributed by atoms with Crippen molar-refractivity contribution in [3.05, 3.63) is 48.8 Å². The smallest absolute Gasteiger partial charge is 0.304 e. The van der Waals surface area contributed by atoms with Gasteiger partial charge in [-0.05, 0) is 18.2 Å². The van der Waals surface area contributed by atoms with Crippen LogP contribution >= 0.6 is 34.3 Å². The average molecular weight is 340 g/mol. The number of thiazole rings is 1. The number of aromatic nitrogens is 1. The summed E-state index contributed by atoms with van der Waals surface area (Å²) in [5.41, 5.74) is 7.11. The Bertz CT molecular complexity index is 881. The Morgan fingerprint density at radius 1 is 1.43 bits per heavy atom. The Labute approximate surface area is 132 Å². The number of rotatable bonds is 3. The van der Waals surface area contributed by atoms with E-state index in [1.807, 2.05) is 6.07 Å². The van der Waals surface area contributed by atoms with E-state index in [9.17, 15) is 9.59 Å². The van der Waals surface area contributed by atoms with Gasteiger partial charge in [0.15, 0.2) is 0 Å². The van der Waals surface area contributed by atoms with Gasteiger partial charge < -0.3 is 16.0 Å². The molecule has 4 N–H and O–H groups in total. The SMILES string of the molecule is Nc1c(C(=O)NCc2csc(=O)[nH]2)sc2ccc(Cl)cc12. The number of hydrogen-bond acceptors (Lipinski definition) is 5. The highest BCUT2D eigenvalue weighted by molar-refractivity contribution is 7.21. The number of nitrogen functional groups attached to an aromatic ring is 1. The van der Waals surface area contributed by atoms with Crippen molar-refractivity contribution in [2.75, 3.05) is 5.73 Å². The number of fused-ring (bicyclic) bond motifs is 1. The lowest BCUT2D eigenvalue weighted by Gasteiger charge is -2.02. The molecule has 0 radical (unpaired) electrons. The Morgan fingerprint density at radius 3 is 2.95 bits per heavy atom. The van der Waals surface area contributed by atoms with Gasteiger partial charge >= 0.3 is 4.87 Å². The van der Waals surface area contributed by atoms with E-state index in [-0.39, 0.29) is 17.3 Å². The van der Waals surface area contributed by atoms with Crippen LogP contribution in [0, 0.1) is 0 Å². The maximum atomic E-state index is 12.2. The first-order valence-corrected chi connectivity index (χ1v) is 8.04. The molecule has 5 nitrogen and oxygen atoms in total. The minimum Gasteiger partial charge on any atom is -0.397 e. The first kappa shape index (κ1) is 14.1. The number of benzene rings is 1. The van der Waals surface area contributed by atoms with Gasteiger partial charge in [0.2, 0.25) is 0 Å². The van der Waals surface area contributed by atoms with Crippen LogP contribution in [0.4, 0.5) is 5.69 Å². The lowest BCUT2D eigenvalue weighted by atomic mass is 10.2. The standard InChI is InChI=1S/C13H10ClN3O2S2/c14-6-1-2-9-8(3-6)10(15)11(21-9)12(18)16-4-7-5-20-13(19)17-7/h1-3,5H,4,15H2,(H,16,18)(H,17,19). The molecule has 8 heteroatoms. The van der Waals surface area contributed by atoms with Gasteiger partial charge in [0.1, 0.15) is 4.88 Å². The van der Waals surface area contributed by atoms with E-state index < -0.39 is 0 Å². The minimum absolute atomic E-state index is 0.143. The molecule has 0 aliphatic carbocycles. The molecule has 3 rings (SSSR count). The van der Waals surface area contributed by atoms with Crippen LogP contribution in [-0.4, -0.2) is 10.9 Å². The lowest BCUT2D eigenvalue weighted by molar-refractivity contribution is 0.0955. The summed E-state index contributed by atoms with van der Waals surface area (Å²) in [6.07, 6.45) is 0. The third kappa shape index (κ3) is 2.80. The van der Waals surface area contributed by atoms with E-state index in [4.69, 9.17) is 17.3 Å². The Kier molecular flexibility index (Phi) is 3.71. The highest BCUT2D eigenvalue weighted by Gasteiger charge is 2.16. The largest absolute Gasteiger partial charge is 0.397 e. The number of anilines is 1. The van der Waals surface area contributed by atoms with Crippen LogP contribution in [0.2, 0.25) is 5.02 Å². The molecule has 0 saturated heterocycles. The summed E-state index contributed by atoms with van der Waals surface area (Å²) in [7, 11) is 0. The molecular weight excluding hydrogens is 330 g/mol. The van der Waals surface area contributed by atoms with E-state index in [1.54, 1.807) is 17.5 Å². The monoisotopic (exact) mass is 339 g/mol. The predicted molar refractivity (Wildman–Crippen MR) is 87.4 cm³/mol. The van der Waals surface area contributed by atoms with Crippen molar-refractivity contribution >= 4 is 56.0 Å². The molecule has 2 heterocycles. The number of carbonyl (C=O) groups excluding carboxylic acids is 1. The zero-order valence-electron chi connectivity index (χ0n) is 10.6. The molecule has 3 aromatic rings. The number of H-pyrrole nitrogens is 1. The number of halogens is 1. The lowest BCUT2D eigenvalue weighted by Crippen LogP contribution is -2.23. The van der Waals surface area contributed by atoms with Crippen molar-refractivity contribution < 1.29 is 4.79 Å². The predicted octanol–water partition coefficient (Wildman–Crippen LogP) is 2.82. The van der Waals surface area contributed by atoms with Crippen molar-refractivity contribution in [3.8, 4) is 0 Å². The normalized spacial score (nSPS) is 10.9. The van der Waals surface area contributed by atoms with Crippen molar-refractivity contribution in [2.24, 2.45) is 0 Å². The van der Waals surface area contributed by atoms with Crippen LogP contribution in [-0.2, 0) is 6.54 Å². The van der Waals surface area contributed by atoms with Gasteiger partial charge in [-0.25, -0.2) is 0 Å². The van der Waals surface area contributed by atoms with Gasteiger partial charge in [-0.1, -0.05) is 22.9 Å². The third-order valence-corrected chi connectivity index (χ3v) is 5.04. The molecule has 21 heavy (non-hydrogen) atoms. The summed E-state index contributed by atoms with van der Waals surface area (Å²) in [5.74, 6) is -0.267. The molecule has 0 atom stereocenters. The molecule has 1 aromatic carbocycles. The van der Waals surface area contributed by atoms with Crippen molar-refractivity contribution in [1.82, 2.24) is 10.3 Å². The Hall–Kier alpha value is -1.83. The molecule has 0 unspecified atom stereocenters. The fourth-order valence-corrected chi connectivity index (χ4v) is 3.69. The molecule has 0 aliphatic rings. The fourth-order valence-electron chi connectivity index (χ4n) is 1.91. The second kappa shape index (κ2) is 5.51. The minimum atomic E-state index is -0.267. The highest BCUT2D eigenvalue weighted by atomic mass is 35.5. The number of nitrogens with two attached hydrogens (primary N) is 1. The number of aromatic amines is 1. The van der Waals surface area contributed by atoms with Crippen LogP contribution in [0.1, 0.15) is 15.4 Å². The quantitative estimate of drug-likeness (QED) is 0.685. The highest BCUT2D eigenvalue weighted by Crippen LogP contribution is 2.35. The number of carbonyl (C=O) groups is 1. The van der Waals surface area contributed by atoms with E-state index in [1.165, 1.54) is 11.3 Å². The van der Waals surface area contributed by atoms with Crippen LogP contribution in [0.3, 0.4) is 0 Å². The fraction of sp³-hybridized carbons (Fsp3) is 0.0769. The van der Waals surface area contributed by atoms with E-state index in [2.05, 4.69) is 10.3 Å². The van der Waals surface area contributed by atoms with Gasteiger partial charge in [0.25, 0.3) is 5.91 Å². The van der Waals surface area contributed by atoms with Crippen molar-refractivity contribution in [3.63, 3.8) is 0 Å². The van der Waals surface area contributed by atoms with Gasteiger partial charge in [-0.15, -0.1) is 11.3 Å². The summed E-state index contributed by atoms with van der Waals surface area (Å²) >= 11 is 8.32. The summed E-state index contributed by atoms with van der Waals surface area (Å²) in [5, 5.41) is 5.78. The molecule has 108 valence electrons. The van der Waals surface area contributed by atoms with Crippen molar-refractivity contribution in [1.29, 1.82) is 0 Å². The topological polar surface area (TPSA) is 88.0 Å². The maximum Gasteiger partial charge on any atom is 0.304 e. The van der Waals surface area contributed by atoms with E-state index in [0.717, 1.165) is 21.4 Å². The zero-order valence-corrected chi connectivity index (χ0v) is 13.0. The molecular formula is C13H10ClN3O2S2. The summed E-state index contributed by atoms with van der Waals surface area (Å²) in [6.45, 7) is 0.256. The summed E-state index contributed by atoms with van der Waals surface area (Å²) < 4.78 is 0.908. The molecule has 0 saturated carbocycles. The summed E-state index contributed by atoms with van der Waals surface area (Å²) in [4.78, 5) is 26.2. The van der Waals surface area contributed by atoms with Gasteiger partial charge in [0, 0.05) is 26.2 Å². The van der Waals surface area contributed by atoms with Crippen LogP contribution in [0.25, 0.3) is 10.1 Å². The van der Waals surface area contributed by atoms with E-state index >= 15 is 0 Å². The number of hydrogen-bond donors (Lipinski definition) is 3. The number of thiophene rings is 1. The molecule has 0 fully saturated rings. The second-order valence-corrected chi connectivity index (χ2v) is 6.67. The van der Waals surface area contributed by atoms with E-state index in [0.29, 0.717) is 21.3 Å². The van der Waals surface area contributed by atoms with Crippen LogP contribution in [0.15, 0.2) is 28.4 Å². The maximum absolute atomic E-state index is 12.2. The molecule has 0 bridgehead atoms. The zero-order chi connectivity index (χ0) is 15.0. The van der Waals surface area contributed by atoms with Gasteiger partial charge in [-0.2, -0.15) is 0 Å². The first-order chi connectivity index (χ1) is 10.0. The Balaban J connectivity index is 1.84. The molecule has 2 aromatic heterocycles. The van der Waals surface area contributed by atoms with Gasteiger partial charge in [0.05, 0.1) is 12.2 Å². The van der Waals surface area contributed by atoms with Crippen molar-refractivity contribution in [2.45, 2.75) is 6.54 Å². The first-order valence-electron chi connectivity index (χ1n) is 5.97.